The number of benzene rings is 1. The van der Waals surface area contributed by atoms with Crippen molar-refractivity contribution in [2.24, 2.45) is 0 Å². The molecule has 1 unspecified atom stereocenters. The van der Waals surface area contributed by atoms with E-state index in [1.54, 1.807) is 13.0 Å². The molecule has 0 bridgehead atoms. The number of nitrogens with one attached hydrogen (secondary N) is 2. The second kappa shape index (κ2) is 11.7. The zero-order valence-electron chi connectivity index (χ0n) is 20.2. The molecule has 0 saturated carbocycles. The van der Waals surface area contributed by atoms with Gasteiger partial charge in [0, 0.05) is 23.3 Å². The number of halogens is 3. The van der Waals surface area contributed by atoms with Crippen LogP contribution in [0.2, 0.25) is 15.1 Å². The van der Waals surface area contributed by atoms with Crippen molar-refractivity contribution < 1.29 is 23.8 Å². The van der Waals surface area contributed by atoms with E-state index in [1.165, 1.54) is 29.1 Å². The number of carbonyl (C=O) groups excluding carboxylic acids is 2. The number of pyridine rings is 1. The van der Waals surface area contributed by atoms with Gasteiger partial charge in [0.2, 0.25) is 12.2 Å². The number of aromatic nitrogens is 3. The quantitative estimate of drug-likeness (QED) is 0.425. The molecule has 0 aliphatic carbocycles. The highest BCUT2D eigenvalue weighted by atomic mass is 35.5. The fourth-order valence-electron chi connectivity index (χ4n) is 3.58. The van der Waals surface area contributed by atoms with Crippen LogP contribution in [-0.2, 0) is 9.47 Å². The number of rotatable bonds is 7. The smallest absolute Gasteiger partial charge is 0.274 e. The van der Waals surface area contributed by atoms with Crippen LogP contribution in [0.25, 0.3) is 5.82 Å². The lowest BCUT2D eigenvalue weighted by Gasteiger charge is -2.22. The molecule has 1 atom stereocenters. The van der Waals surface area contributed by atoms with Gasteiger partial charge in [-0.25, -0.2) is 9.67 Å². The Morgan fingerprint density at radius 1 is 1.11 bits per heavy atom. The average molecular weight is 569 g/mol. The number of hydrogen-bond acceptors (Lipinski definition) is 7. The Morgan fingerprint density at radius 2 is 1.89 bits per heavy atom. The summed E-state index contributed by atoms with van der Waals surface area (Å²) >= 11 is 18.6. The zero-order valence-corrected chi connectivity index (χ0v) is 22.4. The van der Waals surface area contributed by atoms with Gasteiger partial charge in [-0.1, -0.05) is 34.8 Å². The normalized spacial score (nSPS) is 15.5. The van der Waals surface area contributed by atoms with Gasteiger partial charge in [-0.05, 0) is 44.5 Å². The molecule has 13 heteroatoms. The number of carbonyl (C=O) groups is 2. The first-order valence-electron chi connectivity index (χ1n) is 11.3. The van der Waals surface area contributed by atoms with Crippen LogP contribution in [0, 0.1) is 6.92 Å². The molecule has 3 aromatic rings. The van der Waals surface area contributed by atoms with Gasteiger partial charge < -0.3 is 24.8 Å². The molecule has 4 rings (SSSR count). The Balaban J connectivity index is 1.73. The van der Waals surface area contributed by atoms with E-state index in [0.717, 1.165) is 0 Å². The SMILES string of the molecule is Cc1cc(Cl)cc(C(=O)NC(C)C)c1NC(=O)c1cc(OC2COCCO2)nn1-c1ncc(Cl)cc1Cl. The molecular formula is C24H24Cl3N5O5. The zero-order chi connectivity index (χ0) is 26.7. The lowest BCUT2D eigenvalue weighted by Crippen LogP contribution is -2.33. The Labute approximate surface area is 228 Å². The van der Waals surface area contributed by atoms with E-state index < -0.39 is 12.2 Å². The highest BCUT2D eigenvalue weighted by Gasteiger charge is 2.25. The number of anilines is 1. The Kier molecular flexibility index (Phi) is 8.56. The fraction of sp³-hybridized carbons (Fsp3) is 0.333. The molecule has 0 radical (unpaired) electrons. The van der Waals surface area contributed by atoms with E-state index in [0.29, 0.717) is 34.5 Å². The third kappa shape index (κ3) is 6.52. The van der Waals surface area contributed by atoms with Crippen molar-refractivity contribution in [2.75, 3.05) is 25.1 Å². The van der Waals surface area contributed by atoms with Gasteiger partial charge in [-0.15, -0.1) is 5.10 Å². The van der Waals surface area contributed by atoms with Crippen LogP contribution < -0.4 is 15.4 Å². The molecule has 196 valence electrons. The van der Waals surface area contributed by atoms with Crippen molar-refractivity contribution >= 4 is 52.3 Å². The largest absolute Gasteiger partial charge is 0.444 e. The summed E-state index contributed by atoms with van der Waals surface area (Å²) < 4.78 is 17.9. The van der Waals surface area contributed by atoms with Crippen LogP contribution >= 0.6 is 34.8 Å². The summed E-state index contributed by atoms with van der Waals surface area (Å²) in [6.07, 6.45) is 0.675. The molecular weight excluding hydrogens is 545 g/mol. The summed E-state index contributed by atoms with van der Waals surface area (Å²) in [5.74, 6) is -0.748. The van der Waals surface area contributed by atoms with Crippen LogP contribution in [0.15, 0.2) is 30.5 Å². The topological polar surface area (TPSA) is 117 Å². The number of ether oxygens (including phenoxy) is 3. The van der Waals surface area contributed by atoms with Crippen molar-refractivity contribution in [2.45, 2.75) is 33.1 Å². The summed E-state index contributed by atoms with van der Waals surface area (Å²) in [4.78, 5) is 30.7. The van der Waals surface area contributed by atoms with Gasteiger partial charge in [-0.3, -0.25) is 9.59 Å². The maximum atomic E-state index is 13.6. The number of amides is 2. The first-order chi connectivity index (χ1) is 17.6. The first-order valence-corrected chi connectivity index (χ1v) is 12.5. The standard InChI is InChI=1S/C24H24Cl3N5O5/c1-12(2)29-23(33)16-7-14(25)6-13(3)21(16)30-24(34)18-9-19(37-20-11-35-4-5-36-20)31-32(18)22-17(27)8-15(26)10-28-22/h6-10,12,20H,4-5,11H2,1-3H3,(H,29,33)(H,30,34). The Bertz CT molecular complexity index is 1320. The Hall–Kier alpha value is -2.89. The molecule has 2 amide bonds. The predicted octanol–water partition coefficient (Wildman–Crippen LogP) is 4.68. The summed E-state index contributed by atoms with van der Waals surface area (Å²) in [6.45, 7) is 6.42. The molecule has 1 aliphatic heterocycles. The van der Waals surface area contributed by atoms with Gasteiger partial charge in [-0.2, -0.15) is 0 Å². The first kappa shape index (κ1) is 27.2. The van der Waals surface area contributed by atoms with Crippen molar-refractivity contribution in [3.05, 3.63) is 62.4 Å². The van der Waals surface area contributed by atoms with E-state index in [9.17, 15) is 9.59 Å². The molecule has 2 aromatic heterocycles. The summed E-state index contributed by atoms with van der Waals surface area (Å²) in [7, 11) is 0. The molecule has 1 aromatic carbocycles. The molecule has 1 aliphatic rings. The van der Waals surface area contributed by atoms with Crippen LogP contribution in [0.1, 0.15) is 40.3 Å². The minimum Gasteiger partial charge on any atom is -0.444 e. The number of nitrogens with zero attached hydrogens (tertiary/aromatic N) is 3. The third-order valence-electron chi connectivity index (χ3n) is 5.15. The van der Waals surface area contributed by atoms with Gasteiger partial charge in [0.15, 0.2) is 5.82 Å². The average Bonchev–Trinajstić information content (AvgIpc) is 3.24. The Morgan fingerprint density at radius 3 is 2.57 bits per heavy atom. The van der Waals surface area contributed by atoms with Gasteiger partial charge in [0.05, 0.1) is 34.5 Å². The third-order valence-corrected chi connectivity index (χ3v) is 5.85. The number of hydrogen-bond donors (Lipinski definition) is 2. The van der Waals surface area contributed by atoms with E-state index in [1.807, 2.05) is 13.8 Å². The molecule has 1 saturated heterocycles. The summed E-state index contributed by atoms with van der Waals surface area (Å²) in [5, 5.41) is 10.8. The van der Waals surface area contributed by atoms with Crippen LogP contribution in [0.3, 0.4) is 0 Å². The highest BCUT2D eigenvalue weighted by molar-refractivity contribution is 6.35. The van der Waals surface area contributed by atoms with E-state index in [-0.39, 0.29) is 46.5 Å². The second-order valence-corrected chi connectivity index (χ2v) is 9.74. The molecule has 3 heterocycles. The lowest BCUT2D eigenvalue weighted by molar-refractivity contribution is -0.172. The second-order valence-electron chi connectivity index (χ2n) is 8.46. The van der Waals surface area contributed by atoms with Crippen LogP contribution in [0.4, 0.5) is 5.69 Å². The van der Waals surface area contributed by atoms with E-state index >= 15 is 0 Å². The number of aryl methyl sites for hydroxylation is 1. The van der Waals surface area contributed by atoms with Crippen molar-refractivity contribution in [1.29, 1.82) is 0 Å². The monoisotopic (exact) mass is 567 g/mol. The van der Waals surface area contributed by atoms with Crippen LogP contribution in [-0.4, -0.2) is 58.7 Å². The predicted molar refractivity (Wildman–Crippen MR) is 139 cm³/mol. The lowest BCUT2D eigenvalue weighted by atomic mass is 10.1. The van der Waals surface area contributed by atoms with E-state index in [4.69, 9.17) is 49.0 Å². The maximum Gasteiger partial charge on any atom is 0.274 e. The van der Waals surface area contributed by atoms with Gasteiger partial charge in [0.25, 0.3) is 11.8 Å². The van der Waals surface area contributed by atoms with Crippen molar-refractivity contribution in [3.63, 3.8) is 0 Å². The minimum atomic E-state index is -0.702. The molecule has 37 heavy (non-hydrogen) atoms. The van der Waals surface area contributed by atoms with Crippen molar-refractivity contribution in [1.82, 2.24) is 20.1 Å². The van der Waals surface area contributed by atoms with Crippen molar-refractivity contribution in [3.8, 4) is 11.7 Å². The summed E-state index contributed by atoms with van der Waals surface area (Å²) in [5.41, 5.74) is 1.13. The highest BCUT2D eigenvalue weighted by Crippen LogP contribution is 2.29. The molecule has 0 spiro atoms. The maximum absolute atomic E-state index is 13.6. The van der Waals surface area contributed by atoms with E-state index in [2.05, 4.69) is 20.7 Å². The van der Waals surface area contributed by atoms with Gasteiger partial charge >= 0.3 is 0 Å². The minimum absolute atomic E-state index is 0.0352. The molecule has 2 N–H and O–H groups in total. The van der Waals surface area contributed by atoms with Gasteiger partial charge in [0.1, 0.15) is 12.3 Å². The fourth-order valence-corrected chi connectivity index (χ4v) is 4.31. The van der Waals surface area contributed by atoms with Crippen LogP contribution in [0.5, 0.6) is 5.88 Å². The summed E-state index contributed by atoms with van der Waals surface area (Å²) in [6, 6.07) is 5.91. The molecule has 10 nitrogen and oxygen atoms in total. The molecule has 1 fully saturated rings.